The highest BCUT2D eigenvalue weighted by molar-refractivity contribution is 5.81. The summed E-state index contributed by atoms with van der Waals surface area (Å²) in [5, 5.41) is 3.20. The molecule has 0 aliphatic rings. The van der Waals surface area contributed by atoms with E-state index in [1.807, 2.05) is 31.2 Å². The van der Waals surface area contributed by atoms with Crippen LogP contribution in [0.3, 0.4) is 0 Å². The monoisotopic (exact) mass is 429 g/mol. The standard InChI is InChI=1S/C25H23N3O4/c1-17-7-9-18(10-8-17)15-26-23(29)16-27-22-6-4-3-5-21(22)24(30)28(25(27)31)19-11-13-20(32-2)14-12-19/h3-14H,15-16H2,1-2H3,(H,26,29). The average molecular weight is 429 g/mol. The molecule has 4 aromatic rings. The number of benzene rings is 3. The van der Waals surface area contributed by atoms with Crippen LogP contribution in [0.15, 0.2) is 82.4 Å². The molecule has 0 unspecified atom stereocenters. The summed E-state index contributed by atoms with van der Waals surface area (Å²) in [6, 6.07) is 21.3. The number of hydrogen-bond acceptors (Lipinski definition) is 4. The van der Waals surface area contributed by atoms with E-state index in [2.05, 4.69) is 5.32 Å². The molecule has 1 aromatic heterocycles. The largest absolute Gasteiger partial charge is 0.497 e. The molecule has 162 valence electrons. The molecule has 0 aliphatic heterocycles. The Balaban J connectivity index is 1.71. The molecule has 1 heterocycles. The third-order valence-corrected chi connectivity index (χ3v) is 5.29. The number of nitrogens with one attached hydrogen (secondary N) is 1. The van der Waals surface area contributed by atoms with Gasteiger partial charge in [0.05, 0.1) is 23.7 Å². The van der Waals surface area contributed by atoms with Crippen molar-refractivity contribution in [1.29, 1.82) is 0 Å². The van der Waals surface area contributed by atoms with Crippen molar-refractivity contribution in [2.75, 3.05) is 7.11 Å². The third kappa shape index (κ3) is 4.18. The Hall–Kier alpha value is -4.13. The average Bonchev–Trinajstić information content (AvgIpc) is 2.82. The normalized spacial score (nSPS) is 10.8. The van der Waals surface area contributed by atoms with Gasteiger partial charge in [-0.05, 0) is 48.9 Å². The number of ether oxygens (including phenoxy) is 1. The summed E-state index contributed by atoms with van der Waals surface area (Å²) in [4.78, 5) is 39.1. The maximum absolute atomic E-state index is 13.3. The van der Waals surface area contributed by atoms with Crippen LogP contribution >= 0.6 is 0 Å². The van der Waals surface area contributed by atoms with Gasteiger partial charge in [-0.2, -0.15) is 0 Å². The number of para-hydroxylation sites is 1. The summed E-state index contributed by atoms with van der Waals surface area (Å²) in [5.74, 6) is 0.288. The van der Waals surface area contributed by atoms with Crippen LogP contribution in [0, 0.1) is 6.92 Å². The van der Waals surface area contributed by atoms with E-state index in [9.17, 15) is 14.4 Å². The van der Waals surface area contributed by atoms with Gasteiger partial charge in [-0.3, -0.25) is 14.2 Å². The van der Waals surface area contributed by atoms with Gasteiger partial charge in [0.25, 0.3) is 5.56 Å². The summed E-state index contributed by atoms with van der Waals surface area (Å²) < 4.78 is 7.56. The molecule has 7 nitrogen and oxygen atoms in total. The quantitative estimate of drug-likeness (QED) is 0.511. The molecule has 0 bridgehead atoms. The zero-order chi connectivity index (χ0) is 22.7. The lowest BCUT2D eigenvalue weighted by Crippen LogP contribution is -2.41. The first-order valence-electron chi connectivity index (χ1n) is 10.2. The van der Waals surface area contributed by atoms with Gasteiger partial charge in [0, 0.05) is 6.54 Å². The Morgan fingerprint density at radius 2 is 1.62 bits per heavy atom. The van der Waals surface area contributed by atoms with E-state index in [0.717, 1.165) is 15.7 Å². The molecule has 3 aromatic carbocycles. The predicted molar refractivity (Wildman–Crippen MR) is 123 cm³/mol. The van der Waals surface area contributed by atoms with E-state index in [4.69, 9.17) is 4.74 Å². The second-order valence-electron chi connectivity index (χ2n) is 7.49. The van der Waals surface area contributed by atoms with Crippen molar-refractivity contribution in [3.05, 3.63) is 105 Å². The molecule has 0 radical (unpaired) electrons. The number of rotatable bonds is 6. The number of fused-ring (bicyclic) bond motifs is 1. The number of hydrogen-bond donors (Lipinski definition) is 1. The summed E-state index contributed by atoms with van der Waals surface area (Å²) >= 11 is 0. The minimum Gasteiger partial charge on any atom is -0.497 e. The minimum atomic E-state index is -0.579. The van der Waals surface area contributed by atoms with Gasteiger partial charge in [0.1, 0.15) is 12.3 Å². The molecule has 7 heteroatoms. The number of methoxy groups -OCH3 is 1. The fraction of sp³-hybridized carbons (Fsp3) is 0.160. The van der Waals surface area contributed by atoms with Crippen LogP contribution in [0.4, 0.5) is 0 Å². The molecule has 0 fully saturated rings. The molecule has 1 N–H and O–H groups in total. The molecule has 0 saturated heterocycles. The Labute approximate surface area is 184 Å². The molecule has 1 amide bonds. The number of aryl methyl sites for hydroxylation is 1. The minimum absolute atomic E-state index is 0.207. The summed E-state index contributed by atoms with van der Waals surface area (Å²) in [6.45, 7) is 2.14. The van der Waals surface area contributed by atoms with E-state index >= 15 is 0 Å². The molecular weight excluding hydrogens is 406 g/mol. The van der Waals surface area contributed by atoms with Gasteiger partial charge < -0.3 is 10.1 Å². The zero-order valence-corrected chi connectivity index (χ0v) is 17.9. The Kier molecular flexibility index (Phi) is 5.89. The number of carbonyl (C=O) groups is 1. The van der Waals surface area contributed by atoms with E-state index in [1.165, 1.54) is 4.57 Å². The first-order chi connectivity index (χ1) is 15.5. The topological polar surface area (TPSA) is 82.3 Å². The van der Waals surface area contributed by atoms with Crippen molar-refractivity contribution in [2.45, 2.75) is 20.0 Å². The predicted octanol–water partition coefficient (Wildman–Crippen LogP) is 2.79. The number of aromatic nitrogens is 2. The number of amides is 1. The zero-order valence-electron chi connectivity index (χ0n) is 17.9. The van der Waals surface area contributed by atoms with E-state index < -0.39 is 11.2 Å². The van der Waals surface area contributed by atoms with E-state index in [-0.39, 0.29) is 12.5 Å². The fourth-order valence-electron chi connectivity index (χ4n) is 3.54. The highest BCUT2D eigenvalue weighted by Crippen LogP contribution is 2.14. The van der Waals surface area contributed by atoms with Crippen LogP contribution in [0.1, 0.15) is 11.1 Å². The van der Waals surface area contributed by atoms with Crippen molar-refractivity contribution < 1.29 is 9.53 Å². The van der Waals surface area contributed by atoms with Crippen LogP contribution in [0.5, 0.6) is 5.75 Å². The first kappa shape index (κ1) is 21.1. The molecule has 32 heavy (non-hydrogen) atoms. The third-order valence-electron chi connectivity index (χ3n) is 5.29. The summed E-state index contributed by atoms with van der Waals surface area (Å²) in [6.07, 6.45) is 0. The van der Waals surface area contributed by atoms with Crippen molar-refractivity contribution in [1.82, 2.24) is 14.5 Å². The van der Waals surface area contributed by atoms with Crippen LogP contribution in [0.2, 0.25) is 0 Å². The lowest BCUT2D eigenvalue weighted by Gasteiger charge is -2.14. The molecule has 0 aliphatic carbocycles. The fourth-order valence-corrected chi connectivity index (χ4v) is 3.54. The lowest BCUT2D eigenvalue weighted by atomic mass is 10.1. The van der Waals surface area contributed by atoms with Crippen molar-refractivity contribution >= 4 is 16.8 Å². The highest BCUT2D eigenvalue weighted by Gasteiger charge is 2.16. The van der Waals surface area contributed by atoms with Gasteiger partial charge in [0.15, 0.2) is 0 Å². The summed E-state index contributed by atoms with van der Waals surface area (Å²) in [7, 11) is 1.54. The number of carbonyl (C=O) groups excluding carboxylic acids is 1. The van der Waals surface area contributed by atoms with Crippen molar-refractivity contribution in [3.8, 4) is 11.4 Å². The molecule has 0 saturated carbocycles. The summed E-state index contributed by atoms with van der Waals surface area (Å²) in [5.41, 5.74) is 1.90. The first-order valence-corrected chi connectivity index (χ1v) is 10.2. The maximum Gasteiger partial charge on any atom is 0.336 e. The van der Waals surface area contributed by atoms with Crippen LogP contribution in [-0.2, 0) is 17.9 Å². The van der Waals surface area contributed by atoms with E-state index in [1.54, 1.807) is 55.6 Å². The van der Waals surface area contributed by atoms with Crippen LogP contribution < -0.4 is 21.3 Å². The van der Waals surface area contributed by atoms with Crippen LogP contribution in [-0.4, -0.2) is 22.2 Å². The Bertz CT molecular complexity index is 1380. The molecular formula is C25H23N3O4. The Morgan fingerprint density at radius 1 is 0.938 bits per heavy atom. The van der Waals surface area contributed by atoms with E-state index in [0.29, 0.717) is 28.9 Å². The van der Waals surface area contributed by atoms with Crippen molar-refractivity contribution in [3.63, 3.8) is 0 Å². The molecule has 0 spiro atoms. The van der Waals surface area contributed by atoms with Gasteiger partial charge in [-0.25, -0.2) is 9.36 Å². The second kappa shape index (κ2) is 8.93. The highest BCUT2D eigenvalue weighted by atomic mass is 16.5. The van der Waals surface area contributed by atoms with Gasteiger partial charge in [-0.1, -0.05) is 42.0 Å². The number of nitrogens with zero attached hydrogens (tertiary/aromatic N) is 2. The second-order valence-corrected chi connectivity index (χ2v) is 7.49. The van der Waals surface area contributed by atoms with Gasteiger partial charge in [-0.15, -0.1) is 0 Å². The van der Waals surface area contributed by atoms with Crippen LogP contribution in [0.25, 0.3) is 16.6 Å². The molecule has 0 atom stereocenters. The van der Waals surface area contributed by atoms with Gasteiger partial charge in [0.2, 0.25) is 5.91 Å². The Morgan fingerprint density at radius 3 is 2.31 bits per heavy atom. The molecule has 4 rings (SSSR count). The lowest BCUT2D eigenvalue weighted by molar-refractivity contribution is -0.121. The van der Waals surface area contributed by atoms with Crippen molar-refractivity contribution in [2.24, 2.45) is 0 Å². The maximum atomic E-state index is 13.3. The smallest absolute Gasteiger partial charge is 0.336 e. The van der Waals surface area contributed by atoms with Gasteiger partial charge >= 0.3 is 5.69 Å². The SMILES string of the molecule is COc1ccc(-n2c(=O)c3ccccc3n(CC(=O)NCc3ccc(C)cc3)c2=O)cc1.